The number of hydrogen-bond acceptors (Lipinski definition) is 4. The van der Waals surface area contributed by atoms with Gasteiger partial charge < -0.3 is 0 Å². The molecular formula is C20H10ClFN4O. The minimum absolute atomic E-state index is 0.105. The van der Waals surface area contributed by atoms with Gasteiger partial charge >= 0.3 is 0 Å². The Labute approximate surface area is 157 Å². The molecule has 0 N–H and O–H groups in total. The summed E-state index contributed by atoms with van der Waals surface area (Å²) in [5.74, 6) is -0.389. The molecule has 0 fully saturated rings. The number of rotatable bonds is 2. The molecule has 2 heterocycles. The molecule has 0 radical (unpaired) electrons. The van der Waals surface area contributed by atoms with Crippen LogP contribution in [0.4, 0.5) is 4.39 Å². The highest BCUT2D eigenvalue weighted by Crippen LogP contribution is 2.26. The van der Waals surface area contributed by atoms with E-state index in [1.165, 1.54) is 22.9 Å². The number of benzene rings is 2. The lowest BCUT2D eigenvalue weighted by atomic mass is 10.1. The molecule has 0 amide bonds. The Bertz CT molecular complexity index is 1290. The van der Waals surface area contributed by atoms with Crippen LogP contribution in [0.25, 0.3) is 28.1 Å². The first-order valence-electron chi connectivity index (χ1n) is 7.93. The molecule has 0 aliphatic carbocycles. The lowest BCUT2D eigenvalue weighted by Gasteiger charge is -2.15. The molecule has 5 nitrogen and oxygen atoms in total. The van der Waals surface area contributed by atoms with Crippen molar-refractivity contribution < 1.29 is 4.39 Å². The molecular weight excluding hydrogens is 367 g/mol. The number of pyridine rings is 1. The van der Waals surface area contributed by atoms with Gasteiger partial charge in [-0.15, -0.1) is 0 Å². The van der Waals surface area contributed by atoms with Crippen molar-refractivity contribution in [3.05, 3.63) is 87.6 Å². The minimum Gasteiger partial charge on any atom is -0.268 e. The van der Waals surface area contributed by atoms with Crippen LogP contribution in [-0.4, -0.2) is 14.5 Å². The van der Waals surface area contributed by atoms with Crippen molar-refractivity contribution in [3.63, 3.8) is 0 Å². The van der Waals surface area contributed by atoms with E-state index in [1.54, 1.807) is 36.4 Å². The highest BCUT2D eigenvalue weighted by Gasteiger charge is 2.19. The molecule has 0 aliphatic rings. The standard InChI is InChI=1S/C20H10ClFN4O/c21-15-5-1-2-6-17(15)26-19(18-12(11-23)4-3-9-24-18)25-16-8-7-13(22)10-14(16)20(26)27/h1-10H. The van der Waals surface area contributed by atoms with E-state index in [9.17, 15) is 14.4 Å². The van der Waals surface area contributed by atoms with E-state index in [1.807, 2.05) is 0 Å². The number of nitriles is 1. The Balaban J connectivity index is 2.20. The second-order valence-corrected chi connectivity index (χ2v) is 6.11. The highest BCUT2D eigenvalue weighted by atomic mass is 35.5. The lowest BCUT2D eigenvalue weighted by molar-refractivity contribution is 0.629. The third kappa shape index (κ3) is 2.84. The molecule has 0 aliphatic heterocycles. The number of para-hydroxylation sites is 1. The highest BCUT2D eigenvalue weighted by molar-refractivity contribution is 6.32. The van der Waals surface area contributed by atoms with Crippen LogP contribution < -0.4 is 5.56 Å². The fourth-order valence-electron chi connectivity index (χ4n) is 2.85. The van der Waals surface area contributed by atoms with Gasteiger partial charge in [0.05, 0.1) is 27.2 Å². The van der Waals surface area contributed by atoms with Crippen molar-refractivity contribution in [2.45, 2.75) is 0 Å². The molecule has 2 aromatic carbocycles. The van der Waals surface area contributed by atoms with E-state index in [-0.39, 0.29) is 22.5 Å². The Hall–Kier alpha value is -3.56. The molecule has 0 saturated carbocycles. The van der Waals surface area contributed by atoms with Crippen molar-refractivity contribution in [2.24, 2.45) is 0 Å². The molecule has 0 bridgehead atoms. The first-order valence-corrected chi connectivity index (χ1v) is 8.30. The monoisotopic (exact) mass is 376 g/mol. The van der Waals surface area contributed by atoms with Crippen LogP contribution in [0.3, 0.4) is 0 Å². The van der Waals surface area contributed by atoms with E-state index < -0.39 is 11.4 Å². The maximum Gasteiger partial charge on any atom is 0.266 e. The second kappa shape index (κ2) is 6.63. The Kier molecular flexibility index (Phi) is 4.15. The number of hydrogen-bond donors (Lipinski definition) is 0. The van der Waals surface area contributed by atoms with Gasteiger partial charge in [-0.25, -0.2) is 9.37 Å². The van der Waals surface area contributed by atoms with Crippen LogP contribution >= 0.6 is 11.6 Å². The van der Waals surface area contributed by atoms with Crippen molar-refractivity contribution in [3.8, 4) is 23.3 Å². The Morgan fingerprint density at radius 1 is 1.11 bits per heavy atom. The predicted molar refractivity (Wildman–Crippen MR) is 100 cm³/mol. The van der Waals surface area contributed by atoms with Gasteiger partial charge in [-0.05, 0) is 42.5 Å². The van der Waals surface area contributed by atoms with Gasteiger partial charge in [0, 0.05) is 6.20 Å². The predicted octanol–water partition coefficient (Wildman–Crippen LogP) is 4.11. The van der Waals surface area contributed by atoms with Crippen LogP contribution in [0.2, 0.25) is 5.02 Å². The molecule has 27 heavy (non-hydrogen) atoms. The van der Waals surface area contributed by atoms with E-state index in [2.05, 4.69) is 16.0 Å². The summed E-state index contributed by atoms with van der Waals surface area (Å²) in [6.07, 6.45) is 1.51. The van der Waals surface area contributed by atoms with Gasteiger partial charge in [0.25, 0.3) is 5.56 Å². The van der Waals surface area contributed by atoms with Gasteiger partial charge in [-0.1, -0.05) is 23.7 Å². The molecule has 0 unspecified atom stereocenters. The van der Waals surface area contributed by atoms with E-state index in [4.69, 9.17) is 11.6 Å². The van der Waals surface area contributed by atoms with E-state index >= 15 is 0 Å². The normalized spacial score (nSPS) is 10.7. The molecule has 0 saturated heterocycles. The topological polar surface area (TPSA) is 71.6 Å². The van der Waals surface area contributed by atoms with Crippen molar-refractivity contribution in [1.82, 2.24) is 14.5 Å². The minimum atomic E-state index is -0.546. The summed E-state index contributed by atoms with van der Waals surface area (Å²) in [4.78, 5) is 22.0. The van der Waals surface area contributed by atoms with Crippen LogP contribution in [0.5, 0.6) is 0 Å². The zero-order valence-electron chi connectivity index (χ0n) is 13.7. The Morgan fingerprint density at radius 3 is 2.70 bits per heavy atom. The van der Waals surface area contributed by atoms with E-state index in [0.717, 1.165) is 6.07 Å². The quantitative estimate of drug-likeness (QED) is 0.527. The number of aromatic nitrogens is 3. The molecule has 130 valence electrons. The largest absolute Gasteiger partial charge is 0.268 e. The molecule has 4 aromatic rings. The average molecular weight is 377 g/mol. The zero-order chi connectivity index (χ0) is 19.0. The second-order valence-electron chi connectivity index (χ2n) is 5.70. The lowest BCUT2D eigenvalue weighted by Crippen LogP contribution is -2.23. The van der Waals surface area contributed by atoms with Gasteiger partial charge in [0.15, 0.2) is 5.82 Å². The van der Waals surface area contributed by atoms with Crippen LogP contribution in [0.15, 0.2) is 65.6 Å². The van der Waals surface area contributed by atoms with E-state index in [0.29, 0.717) is 16.2 Å². The maximum absolute atomic E-state index is 13.7. The average Bonchev–Trinajstić information content (AvgIpc) is 2.69. The van der Waals surface area contributed by atoms with Crippen LogP contribution in [-0.2, 0) is 0 Å². The smallest absolute Gasteiger partial charge is 0.266 e. The summed E-state index contributed by atoms with van der Waals surface area (Å²) in [5, 5.41) is 9.85. The van der Waals surface area contributed by atoms with Gasteiger partial charge in [0.1, 0.15) is 17.6 Å². The van der Waals surface area contributed by atoms with Crippen molar-refractivity contribution in [1.29, 1.82) is 5.26 Å². The summed E-state index contributed by atoms with van der Waals surface area (Å²) in [6, 6.07) is 15.8. The van der Waals surface area contributed by atoms with Gasteiger partial charge in [-0.3, -0.25) is 14.3 Å². The number of nitrogens with zero attached hydrogens (tertiary/aromatic N) is 4. The van der Waals surface area contributed by atoms with Crippen molar-refractivity contribution in [2.75, 3.05) is 0 Å². The third-order valence-electron chi connectivity index (χ3n) is 4.06. The van der Waals surface area contributed by atoms with Gasteiger partial charge in [-0.2, -0.15) is 5.26 Å². The maximum atomic E-state index is 13.7. The van der Waals surface area contributed by atoms with Crippen LogP contribution in [0.1, 0.15) is 5.56 Å². The zero-order valence-corrected chi connectivity index (χ0v) is 14.5. The molecule has 0 spiro atoms. The molecule has 0 atom stereocenters. The number of fused-ring (bicyclic) bond motifs is 1. The molecule has 7 heteroatoms. The van der Waals surface area contributed by atoms with Gasteiger partial charge in [0.2, 0.25) is 0 Å². The first kappa shape index (κ1) is 16.9. The molecule has 4 rings (SSSR count). The van der Waals surface area contributed by atoms with Crippen LogP contribution in [0, 0.1) is 17.1 Å². The molecule has 2 aromatic heterocycles. The number of halogens is 2. The summed E-state index contributed by atoms with van der Waals surface area (Å²) >= 11 is 6.30. The summed E-state index contributed by atoms with van der Waals surface area (Å²) in [5.41, 5.74) is 0.661. The summed E-state index contributed by atoms with van der Waals surface area (Å²) in [6.45, 7) is 0. The fraction of sp³-hybridized carbons (Fsp3) is 0. The fourth-order valence-corrected chi connectivity index (χ4v) is 3.07. The Morgan fingerprint density at radius 2 is 1.93 bits per heavy atom. The SMILES string of the molecule is N#Cc1cccnc1-c1nc2ccc(F)cc2c(=O)n1-c1ccccc1Cl. The van der Waals surface area contributed by atoms with Crippen molar-refractivity contribution >= 4 is 22.5 Å². The third-order valence-corrected chi connectivity index (χ3v) is 4.38. The first-order chi connectivity index (χ1) is 13.1. The summed E-state index contributed by atoms with van der Waals surface area (Å²) < 4.78 is 15.0. The summed E-state index contributed by atoms with van der Waals surface area (Å²) in [7, 11) is 0.